The number of hydrogen-bond acceptors (Lipinski definition) is 5. The van der Waals surface area contributed by atoms with Crippen LogP contribution < -0.4 is 14.8 Å². The number of methoxy groups -OCH3 is 2. The first-order chi connectivity index (χ1) is 13.2. The number of ether oxygens (including phenoxy) is 3. The van der Waals surface area contributed by atoms with Gasteiger partial charge in [0, 0.05) is 38.6 Å². The highest BCUT2D eigenvalue weighted by Crippen LogP contribution is 2.30. The van der Waals surface area contributed by atoms with Gasteiger partial charge >= 0.3 is 0 Å². The molecule has 7 heteroatoms. The van der Waals surface area contributed by atoms with Gasteiger partial charge in [0.15, 0.2) is 11.5 Å². The van der Waals surface area contributed by atoms with Crippen molar-refractivity contribution in [3.05, 3.63) is 47.8 Å². The molecule has 1 fully saturated rings. The number of amides is 1. The molecule has 7 nitrogen and oxygen atoms in total. The summed E-state index contributed by atoms with van der Waals surface area (Å²) in [4.78, 5) is 15.2. The van der Waals surface area contributed by atoms with Crippen LogP contribution in [-0.4, -0.2) is 62.4 Å². The lowest BCUT2D eigenvalue weighted by molar-refractivity contribution is 0.0148. The van der Waals surface area contributed by atoms with E-state index in [2.05, 4.69) is 20.9 Å². The smallest absolute Gasteiger partial charge is 0.255 e. The van der Waals surface area contributed by atoms with Gasteiger partial charge in [0.05, 0.1) is 39.0 Å². The second-order valence-electron chi connectivity index (χ2n) is 6.46. The lowest BCUT2D eigenvalue weighted by atomic mass is 10.1. The minimum absolute atomic E-state index is 0.0782. The molecule has 1 atom stereocenters. The van der Waals surface area contributed by atoms with E-state index in [-0.39, 0.29) is 11.9 Å². The highest BCUT2D eigenvalue weighted by molar-refractivity contribution is 5.97. The van der Waals surface area contributed by atoms with Crippen LogP contribution in [-0.2, 0) is 11.8 Å². The average Bonchev–Trinajstić information content (AvgIpc) is 3.13. The molecule has 146 valence electrons. The molecule has 1 aromatic carbocycles. The highest BCUT2D eigenvalue weighted by Gasteiger charge is 2.26. The monoisotopic (exact) mass is 373 g/mol. The lowest BCUT2D eigenvalue weighted by Crippen LogP contribution is -2.44. The van der Waals surface area contributed by atoms with E-state index in [0.29, 0.717) is 36.8 Å². The molecule has 0 aliphatic carbocycles. The number of aromatic nitrogens is 1. The maximum Gasteiger partial charge on any atom is 0.255 e. The Kier molecular flexibility index (Phi) is 6.36. The predicted octanol–water partition coefficient (Wildman–Crippen LogP) is 1.85. The van der Waals surface area contributed by atoms with Crippen molar-refractivity contribution in [2.45, 2.75) is 6.04 Å². The van der Waals surface area contributed by atoms with Crippen molar-refractivity contribution in [1.82, 2.24) is 14.8 Å². The molecule has 0 unspecified atom stereocenters. The van der Waals surface area contributed by atoms with Crippen LogP contribution in [0.1, 0.15) is 22.1 Å². The molecule has 2 aromatic rings. The van der Waals surface area contributed by atoms with Crippen LogP contribution in [0.3, 0.4) is 0 Å². The first kappa shape index (κ1) is 19.3. The zero-order valence-corrected chi connectivity index (χ0v) is 16.1. The fourth-order valence-electron chi connectivity index (χ4n) is 3.48. The van der Waals surface area contributed by atoms with E-state index in [1.165, 1.54) is 7.11 Å². The largest absolute Gasteiger partial charge is 0.493 e. The van der Waals surface area contributed by atoms with E-state index >= 15 is 0 Å². The van der Waals surface area contributed by atoms with Gasteiger partial charge in [-0.15, -0.1) is 0 Å². The summed E-state index contributed by atoms with van der Waals surface area (Å²) in [6.07, 6.45) is 2.02. The van der Waals surface area contributed by atoms with Gasteiger partial charge in [-0.05, 0) is 24.3 Å². The second kappa shape index (κ2) is 8.92. The SMILES string of the molecule is COc1cccc(C(=O)NC[C@H](c2cccn2C)N2CCOCC2)c1OC. The number of carbonyl (C=O) groups excluding carboxylic acids is 1. The van der Waals surface area contributed by atoms with Gasteiger partial charge in [0.2, 0.25) is 0 Å². The molecule has 1 aromatic heterocycles. The third-order valence-corrected chi connectivity index (χ3v) is 4.92. The Morgan fingerprint density at radius 1 is 1.19 bits per heavy atom. The fraction of sp³-hybridized carbons (Fsp3) is 0.450. The van der Waals surface area contributed by atoms with E-state index in [0.717, 1.165) is 18.8 Å². The van der Waals surface area contributed by atoms with Crippen molar-refractivity contribution in [2.75, 3.05) is 47.1 Å². The Hall–Kier alpha value is -2.51. The number of morpholine rings is 1. The van der Waals surface area contributed by atoms with Crippen molar-refractivity contribution in [2.24, 2.45) is 7.05 Å². The van der Waals surface area contributed by atoms with Crippen LogP contribution in [0.4, 0.5) is 0 Å². The number of para-hydroxylation sites is 1. The van der Waals surface area contributed by atoms with Crippen molar-refractivity contribution in [3.8, 4) is 11.5 Å². The van der Waals surface area contributed by atoms with E-state index in [1.807, 2.05) is 19.3 Å². The molecule has 0 spiro atoms. The van der Waals surface area contributed by atoms with Crippen LogP contribution in [0, 0.1) is 0 Å². The van der Waals surface area contributed by atoms with Crippen LogP contribution in [0.2, 0.25) is 0 Å². The van der Waals surface area contributed by atoms with Gasteiger partial charge in [-0.25, -0.2) is 0 Å². The van der Waals surface area contributed by atoms with Crippen LogP contribution in [0.5, 0.6) is 11.5 Å². The molecule has 3 rings (SSSR count). The van der Waals surface area contributed by atoms with Gasteiger partial charge in [0.1, 0.15) is 0 Å². The molecule has 1 aliphatic heterocycles. The molecular formula is C20H27N3O4. The minimum atomic E-state index is -0.182. The number of hydrogen-bond donors (Lipinski definition) is 1. The fourth-order valence-corrected chi connectivity index (χ4v) is 3.48. The van der Waals surface area contributed by atoms with Crippen molar-refractivity contribution in [3.63, 3.8) is 0 Å². The zero-order valence-electron chi connectivity index (χ0n) is 16.1. The predicted molar refractivity (Wildman–Crippen MR) is 102 cm³/mol. The zero-order chi connectivity index (χ0) is 19.2. The Morgan fingerprint density at radius 3 is 2.59 bits per heavy atom. The van der Waals surface area contributed by atoms with E-state index in [9.17, 15) is 4.79 Å². The number of nitrogens with one attached hydrogen (secondary N) is 1. The molecule has 2 heterocycles. The van der Waals surface area contributed by atoms with Crippen molar-refractivity contribution < 1.29 is 19.0 Å². The van der Waals surface area contributed by atoms with E-state index in [4.69, 9.17) is 14.2 Å². The summed E-state index contributed by atoms with van der Waals surface area (Å²) in [5.74, 6) is 0.801. The highest BCUT2D eigenvalue weighted by atomic mass is 16.5. The summed E-state index contributed by atoms with van der Waals surface area (Å²) in [5, 5.41) is 3.07. The summed E-state index contributed by atoms with van der Waals surface area (Å²) in [6.45, 7) is 3.59. The quantitative estimate of drug-likeness (QED) is 0.802. The second-order valence-corrected chi connectivity index (χ2v) is 6.46. The Labute approximate surface area is 159 Å². The van der Waals surface area contributed by atoms with E-state index < -0.39 is 0 Å². The molecule has 0 saturated carbocycles. The summed E-state index contributed by atoms with van der Waals surface area (Å²) in [6, 6.07) is 9.49. The Morgan fingerprint density at radius 2 is 1.96 bits per heavy atom. The molecule has 1 N–H and O–H groups in total. The lowest BCUT2D eigenvalue weighted by Gasteiger charge is -2.35. The first-order valence-corrected chi connectivity index (χ1v) is 9.08. The maximum absolute atomic E-state index is 12.8. The molecular weight excluding hydrogens is 346 g/mol. The molecule has 27 heavy (non-hydrogen) atoms. The van der Waals surface area contributed by atoms with Gasteiger partial charge in [0.25, 0.3) is 5.91 Å². The average molecular weight is 373 g/mol. The molecule has 1 amide bonds. The number of nitrogens with zero attached hydrogens (tertiary/aromatic N) is 2. The number of aryl methyl sites for hydroxylation is 1. The Balaban J connectivity index is 1.77. The number of carbonyl (C=O) groups is 1. The molecule has 1 aliphatic rings. The van der Waals surface area contributed by atoms with Crippen molar-refractivity contribution >= 4 is 5.91 Å². The molecule has 0 radical (unpaired) electrons. The third-order valence-electron chi connectivity index (χ3n) is 4.92. The minimum Gasteiger partial charge on any atom is -0.493 e. The van der Waals surface area contributed by atoms with Crippen LogP contribution >= 0.6 is 0 Å². The summed E-state index contributed by atoms with van der Waals surface area (Å²) >= 11 is 0. The normalized spacial score (nSPS) is 16.0. The molecule has 1 saturated heterocycles. The van der Waals surface area contributed by atoms with Crippen molar-refractivity contribution in [1.29, 1.82) is 0 Å². The van der Waals surface area contributed by atoms with Gasteiger partial charge in [-0.2, -0.15) is 0 Å². The molecule has 0 bridgehead atoms. The van der Waals surface area contributed by atoms with E-state index in [1.54, 1.807) is 25.3 Å². The maximum atomic E-state index is 12.8. The number of rotatable bonds is 7. The first-order valence-electron chi connectivity index (χ1n) is 9.08. The topological polar surface area (TPSA) is 65.0 Å². The van der Waals surface area contributed by atoms with Gasteiger partial charge in [-0.1, -0.05) is 6.07 Å². The van der Waals surface area contributed by atoms with Gasteiger partial charge in [-0.3, -0.25) is 9.69 Å². The third kappa shape index (κ3) is 4.26. The van der Waals surface area contributed by atoms with Crippen LogP contribution in [0.15, 0.2) is 36.5 Å². The van der Waals surface area contributed by atoms with Crippen LogP contribution in [0.25, 0.3) is 0 Å². The number of benzene rings is 1. The Bertz CT molecular complexity index is 768. The summed E-state index contributed by atoms with van der Waals surface area (Å²) < 4.78 is 18.3. The van der Waals surface area contributed by atoms with Gasteiger partial charge < -0.3 is 24.1 Å². The summed E-state index contributed by atoms with van der Waals surface area (Å²) in [5.41, 5.74) is 1.62. The summed E-state index contributed by atoms with van der Waals surface area (Å²) in [7, 11) is 5.12. The standard InChI is InChI=1S/C20H27N3O4/c1-22-9-5-7-16(22)17(23-10-12-27-13-11-23)14-21-20(24)15-6-4-8-18(25-2)19(15)26-3/h4-9,17H,10-14H2,1-3H3,(H,21,24)/t17-/m1/s1.